The van der Waals surface area contributed by atoms with E-state index in [2.05, 4.69) is 413 Å². The predicted octanol–water partition coefficient (Wildman–Crippen LogP) is 32.4. The highest BCUT2D eigenvalue weighted by Crippen LogP contribution is 2.48. The highest BCUT2D eigenvalue weighted by Gasteiger charge is 2.24. The van der Waals surface area contributed by atoms with Crippen LogP contribution in [0.3, 0.4) is 0 Å². The Morgan fingerprint density at radius 2 is 0.254 bits per heavy atom. The molecule has 0 aliphatic carbocycles. The molecular formula is C118H68N4. The minimum Gasteiger partial charge on any atom is -0.246 e. The lowest BCUT2D eigenvalue weighted by Crippen LogP contribution is -1.94. The fraction of sp³-hybridized carbons (Fsp3) is 0. The highest BCUT2D eigenvalue weighted by molar-refractivity contribution is 6.28. The first kappa shape index (κ1) is 68.0. The van der Waals surface area contributed by atoms with Crippen molar-refractivity contribution in [1.29, 1.82) is 0 Å². The van der Waals surface area contributed by atoms with Crippen LogP contribution in [0.4, 0.5) is 0 Å². The summed E-state index contributed by atoms with van der Waals surface area (Å²) < 4.78 is 0. The largest absolute Gasteiger partial charge is 0.246 e. The maximum absolute atomic E-state index is 5.65. The Morgan fingerprint density at radius 1 is 0.0984 bits per heavy atom. The Labute approximate surface area is 699 Å². The van der Waals surface area contributed by atoms with Gasteiger partial charge in [0.05, 0.1) is 44.1 Å². The predicted molar refractivity (Wildman–Crippen MR) is 521 cm³/mol. The number of benzene rings is 23. The van der Waals surface area contributed by atoms with Crippen LogP contribution in [0, 0.1) is 0 Å². The van der Waals surface area contributed by atoms with Crippen LogP contribution >= 0.6 is 0 Å². The van der Waals surface area contributed by atoms with E-state index in [-0.39, 0.29) is 0 Å². The van der Waals surface area contributed by atoms with E-state index in [4.69, 9.17) is 19.9 Å². The van der Waals surface area contributed by atoms with E-state index in [1.807, 2.05) is 0 Å². The van der Waals surface area contributed by atoms with Crippen LogP contribution in [0.1, 0.15) is 0 Å². The van der Waals surface area contributed by atoms with Gasteiger partial charge in [-0.15, -0.1) is 0 Å². The summed E-state index contributed by atoms with van der Waals surface area (Å²) in [4.78, 5) is 22.1. The molecule has 0 saturated heterocycles. The van der Waals surface area contributed by atoms with Gasteiger partial charge in [-0.2, -0.15) is 0 Å². The van der Waals surface area contributed by atoms with Crippen molar-refractivity contribution in [3.05, 3.63) is 413 Å². The monoisotopic (exact) mass is 1540 g/mol. The van der Waals surface area contributed by atoms with E-state index in [0.29, 0.717) is 0 Å². The minimum absolute atomic E-state index is 1.02. The number of fused-ring (bicyclic) bond motifs is 28. The summed E-state index contributed by atoms with van der Waals surface area (Å²) in [7, 11) is 0. The lowest BCUT2D eigenvalue weighted by molar-refractivity contribution is 1.52. The molecule has 4 aromatic heterocycles. The highest BCUT2D eigenvalue weighted by atomic mass is 14.7. The van der Waals surface area contributed by atoms with Crippen LogP contribution < -0.4 is 0 Å². The summed E-state index contributed by atoms with van der Waals surface area (Å²) in [5.74, 6) is 0. The van der Waals surface area contributed by atoms with Gasteiger partial charge >= 0.3 is 0 Å². The van der Waals surface area contributed by atoms with E-state index in [9.17, 15) is 0 Å². The number of pyridine rings is 4. The van der Waals surface area contributed by atoms with Crippen molar-refractivity contribution in [3.63, 3.8) is 0 Å². The van der Waals surface area contributed by atoms with Gasteiger partial charge in [-0.1, -0.05) is 364 Å². The fourth-order valence-electron chi connectivity index (χ4n) is 20.3. The van der Waals surface area contributed by atoms with Crippen LogP contribution in [0.15, 0.2) is 413 Å². The van der Waals surface area contributed by atoms with E-state index in [1.54, 1.807) is 0 Å². The second kappa shape index (κ2) is 26.7. The first-order chi connectivity index (χ1) is 60.4. The maximum atomic E-state index is 5.65. The zero-order valence-corrected chi connectivity index (χ0v) is 66.0. The van der Waals surface area contributed by atoms with E-state index >= 15 is 0 Å². The molecule has 0 amide bonds. The molecule has 27 aromatic rings. The van der Waals surface area contributed by atoms with Gasteiger partial charge in [0.15, 0.2) is 0 Å². The molecule has 23 aromatic carbocycles. The van der Waals surface area contributed by atoms with E-state index < -0.39 is 0 Å². The molecule has 4 heteroatoms. The van der Waals surface area contributed by atoms with Crippen molar-refractivity contribution in [2.75, 3.05) is 0 Å². The summed E-state index contributed by atoms with van der Waals surface area (Å²) in [6, 6.07) is 151. The molecule has 122 heavy (non-hydrogen) atoms. The van der Waals surface area contributed by atoms with Gasteiger partial charge in [-0.05, 0) is 168 Å². The third kappa shape index (κ3) is 10.6. The quantitative estimate of drug-likeness (QED) is 0.127. The Kier molecular flexibility index (Phi) is 14.9. The molecule has 4 heterocycles. The Hall–Kier alpha value is -16.1. The van der Waals surface area contributed by atoms with Crippen molar-refractivity contribution >= 4 is 216 Å². The number of aromatic nitrogens is 4. The van der Waals surface area contributed by atoms with Gasteiger partial charge in [0.2, 0.25) is 0 Å². The number of rotatable bonds is 5. The first-order valence-corrected chi connectivity index (χ1v) is 42.0. The second-order valence-electron chi connectivity index (χ2n) is 32.9. The van der Waals surface area contributed by atoms with Gasteiger partial charge < -0.3 is 0 Å². The molecule has 27 rings (SSSR count). The molecule has 0 bridgehead atoms. The third-order valence-electron chi connectivity index (χ3n) is 26.2. The van der Waals surface area contributed by atoms with Crippen LogP contribution in [0.25, 0.3) is 272 Å². The van der Waals surface area contributed by atoms with E-state index in [0.717, 1.165) is 76.8 Å². The molecule has 4 nitrogen and oxygen atoms in total. The normalized spacial score (nSPS) is 12.1. The summed E-state index contributed by atoms with van der Waals surface area (Å²) in [6.45, 7) is 0. The average Bonchev–Trinajstić information content (AvgIpc) is 0.748. The average molecular weight is 1540 g/mol. The first-order valence-electron chi connectivity index (χ1n) is 42.0. The molecule has 0 aliphatic heterocycles. The third-order valence-corrected chi connectivity index (χ3v) is 26.2. The summed E-state index contributed by atoms with van der Waals surface area (Å²) in [5.41, 5.74) is 20.1. The Bertz CT molecular complexity index is 8260. The van der Waals surface area contributed by atoms with Crippen molar-refractivity contribution < 1.29 is 0 Å². The number of hydrogen-bond donors (Lipinski definition) is 0. The smallest absolute Gasteiger partial charge is 0.0794 e. The molecule has 560 valence electrons. The van der Waals surface area contributed by atoms with E-state index in [1.165, 1.54) is 195 Å². The molecule has 0 radical (unpaired) electrons. The van der Waals surface area contributed by atoms with Crippen molar-refractivity contribution in [1.82, 2.24) is 19.9 Å². The molecule has 0 N–H and O–H groups in total. The molecule has 0 unspecified atom stereocenters. The Balaban J connectivity index is 0.000000133. The van der Waals surface area contributed by atoms with Crippen LogP contribution in [-0.2, 0) is 0 Å². The molecule has 0 spiro atoms. The van der Waals surface area contributed by atoms with Gasteiger partial charge in [-0.3, -0.25) is 0 Å². The summed E-state index contributed by atoms with van der Waals surface area (Å²) in [5, 5.41) is 38.0. The zero-order valence-electron chi connectivity index (χ0n) is 66.0. The molecule has 0 saturated carbocycles. The van der Waals surface area contributed by atoms with Crippen LogP contribution in [-0.4, -0.2) is 19.9 Å². The standard InChI is InChI=1S/C64H36N2.C54H32N2/c1-5-13-43-33-55-47(29-39(43)9-1)21-25-51-59(52-26-22-48-30-40-10-2-6-14-44(40)34-56(48)62(52)65-61(51)55)37-17-19-38(20-18-37)60-53-27-23-49-31-41-11-3-7-15-45(41)35-57(49)63(53)66-64-54(60)28-24-50-32-42-12-4-8-16-46(42)36-58(50)64;1-5-13-41-35(9-1)25-29-45-49(46-30-26-36-10-2-6-14-42(36)52(46)55-51(41)45)39-21-17-33(18-22-39)34-19-23-40(24-20-34)50-47-31-27-37-11-3-7-15-43(37)53(47)56-54-44-16-8-4-12-38(44)28-32-48(50)54/h1-36H;1-32H. The summed E-state index contributed by atoms with van der Waals surface area (Å²) >= 11 is 0. The second-order valence-corrected chi connectivity index (χ2v) is 32.9. The maximum Gasteiger partial charge on any atom is 0.0794 e. The molecule has 0 aliphatic rings. The van der Waals surface area contributed by atoms with Gasteiger partial charge in [0.25, 0.3) is 0 Å². The zero-order chi connectivity index (χ0) is 79.8. The lowest BCUT2D eigenvalue weighted by atomic mass is 9.89. The van der Waals surface area contributed by atoms with Gasteiger partial charge in [-0.25, -0.2) is 19.9 Å². The Morgan fingerprint density at radius 3 is 0.459 bits per heavy atom. The van der Waals surface area contributed by atoms with Gasteiger partial charge in [0.1, 0.15) is 0 Å². The van der Waals surface area contributed by atoms with Crippen molar-refractivity contribution in [2.24, 2.45) is 0 Å². The number of nitrogens with zero attached hydrogens (tertiary/aromatic N) is 4. The number of hydrogen-bond acceptors (Lipinski definition) is 4. The van der Waals surface area contributed by atoms with Crippen LogP contribution in [0.2, 0.25) is 0 Å². The van der Waals surface area contributed by atoms with Crippen LogP contribution in [0.5, 0.6) is 0 Å². The molecular weight excluding hydrogens is 1470 g/mol. The summed E-state index contributed by atoms with van der Waals surface area (Å²) in [6.07, 6.45) is 0. The minimum atomic E-state index is 1.02. The fourth-order valence-corrected chi connectivity index (χ4v) is 20.3. The van der Waals surface area contributed by atoms with Crippen molar-refractivity contribution in [3.8, 4) is 55.6 Å². The SMILES string of the molecule is c1ccc2c(c1)ccc1c(-c3ccc(-c4ccc(-c5c6ccc7ccccc7c6nc6c5ccc5ccccc56)cc4)cc3)c3ccc4ccccc4c3nc12.c1ccc2cc3c(ccc4c(-c5ccc(-c6c7ccc8cc9ccccc9cc8c7nc7c6ccc6cc8ccccc8cc67)cc5)c5ccc6cc7ccccc7cc6c5nc43)cc2c1. The molecule has 0 fully saturated rings. The topological polar surface area (TPSA) is 51.6 Å². The molecule has 0 atom stereocenters. The van der Waals surface area contributed by atoms with Gasteiger partial charge in [0, 0.05) is 108 Å². The van der Waals surface area contributed by atoms with Crippen molar-refractivity contribution in [2.45, 2.75) is 0 Å². The lowest BCUT2D eigenvalue weighted by Gasteiger charge is -2.17.